The van der Waals surface area contributed by atoms with E-state index in [1.807, 2.05) is 0 Å². The van der Waals surface area contributed by atoms with Crippen LogP contribution in [0.2, 0.25) is 0 Å². The van der Waals surface area contributed by atoms with E-state index in [9.17, 15) is 18.0 Å². The summed E-state index contributed by atoms with van der Waals surface area (Å²) in [5.74, 6) is -0.491. The van der Waals surface area contributed by atoms with Crippen LogP contribution in [0.1, 0.15) is 41.5 Å². The van der Waals surface area contributed by atoms with Crippen molar-refractivity contribution in [3.05, 3.63) is 0 Å². The van der Waals surface area contributed by atoms with Crippen LogP contribution in [-0.2, 0) is 23.8 Å². The van der Waals surface area contributed by atoms with Crippen molar-refractivity contribution in [2.45, 2.75) is 52.7 Å². The van der Waals surface area contributed by atoms with Crippen molar-refractivity contribution >= 4 is 22.3 Å². The van der Waals surface area contributed by atoms with Gasteiger partial charge in [-0.25, -0.2) is 9.59 Å². The van der Waals surface area contributed by atoms with Crippen molar-refractivity contribution in [3.8, 4) is 0 Å². The van der Waals surface area contributed by atoms with Gasteiger partial charge in [0.05, 0.1) is 12.9 Å². The van der Waals surface area contributed by atoms with E-state index in [0.717, 1.165) is 6.26 Å². The van der Waals surface area contributed by atoms with Crippen molar-refractivity contribution < 1.29 is 31.7 Å². The van der Waals surface area contributed by atoms with Gasteiger partial charge in [-0.05, 0) is 41.5 Å². The minimum atomic E-state index is -3.64. The zero-order valence-electron chi connectivity index (χ0n) is 16.0. The quantitative estimate of drug-likeness (QED) is 0.642. The molecular weight excluding hydrogens is 352 g/mol. The van der Waals surface area contributed by atoms with Gasteiger partial charge in [0.2, 0.25) is 0 Å². The molecule has 0 saturated heterocycles. The van der Waals surface area contributed by atoms with Crippen LogP contribution in [0.5, 0.6) is 0 Å². The monoisotopic (exact) mass is 382 g/mol. The summed E-state index contributed by atoms with van der Waals surface area (Å²) in [6.45, 7) is 10.2. The van der Waals surface area contributed by atoms with Gasteiger partial charge >= 0.3 is 12.2 Å². The van der Waals surface area contributed by atoms with Crippen LogP contribution in [0.3, 0.4) is 0 Å². The molecule has 0 bridgehead atoms. The first kappa shape index (κ1) is 23.4. The Labute approximate surface area is 149 Å². The highest BCUT2D eigenvalue weighted by Crippen LogP contribution is 2.08. The molecule has 0 fully saturated rings. The van der Waals surface area contributed by atoms with E-state index in [1.54, 1.807) is 41.5 Å². The van der Waals surface area contributed by atoms with Crippen molar-refractivity contribution in [3.63, 3.8) is 0 Å². The average Bonchev–Trinajstić information content (AvgIpc) is 2.32. The lowest BCUT2D eigenvalue weighted by atomic mass is 10.1. The molecule has 0 aromatic carbocycles. The maximum absolute atomic E-state index is 11.7. The van der Waals surface area contributed by atoms with Gasteiger partial charge in [-0.15, -0.1) is 0 Å². The number of alkyl carbamates (subject to hydrolysis) is 2. The predicted octanol–water partition coefficient (Wildman–Crippen LogP) is 1.63. The first-order chi connectivity index (χ1) is 11.1. The molecule has 0 rings (SSSR count). The number of rotatable bonds is 7. The van der Waals surface area contributed by atoms with E-state index >= 15 is 0 Å². The van der Waals surface area contributed by atoms with Crippen LogP contribution >= 0.6 is 0 Å². The summed E-state index contributed by atoms with van der Waals surface area (Å²) in [6, 6.07) is 0. The van der Waals surface area contributed by atoms with Crippen molar-refractivity contribution in [2.75, 3.05) is 26.0 Å². The summed E-state index contributed by atoms with van der Waals surface area (Å²) in [6.07, 6.45) is -0.365. The molecule has 0 aliphatic heterocycles. The minimum Gasteiger partial charge on any atom is -0.444 e. The SMILES string of the molecule is CC(C)(C)OC(=O)NCC(CNC(=O)OC(C)(C)C)COS(C)(=O)=O. The van der Waals surface area contributed by atoms with E-state index in [2.05, 4.69) is 10.6 Å². The van der Waals surface area contributed by atoms with Crippen LogP contribution in [0.4, 0.5) is 9.59 Å². The molecule has 0 aromatic rings. The molecule has 0 radical (unpaired) electrons. The summed E-state index contributed by atoms with van der Waals surface area (Å²) in [7, 11) is -3.64. The molecule has 0 aliphatic rings. The van der Waals surface area contributed by atoms with Crippen LogP contribution in [-0.4, -0.2) is 57.8 Å². The second kappa shape index (κ2) is 9.23. The van der Waals surface area contributed by atoms with Crippen LogP contribution in [0, 0.1) is 5.92 Å². The highest BCUT2D eigenvalue weighted by molar-refractivity contribution is 7.85. The standard InChI is InChI=1S/C15H30N2O7S/c1-14(2,3)23-12(18)16-8-11(10-22-25(7,20)21)9-17-13(19)24-15(4,5)6/h11H,8-10H2,1-7H3,(H,16,18)(H,17,19). The van der Waals surface area contributed by atoms with Crippen molar-refractivity contribution in [1.29, 1.82) is 0 Å². The zero-order valence-corrected chi connectivity index (χ0v) is 16.8. The average molecular weight is 382 g/mol. The molecule has 0 spiro atoms. The molecule has 10 heteroatoms. The summed E-state index contributed by atoms with van der Waals surface area (Å²) in [5.41, 5.74) is -1.31. The van der Waals surface area contributed by atoms with Gasteiger partial charge in [0, 0.05) is 19.0 Å². The lowest BCUT2D eigenvalue weighted by Crippen LogP contribution is -2.42. The number of carbonyl (C=O) groups is 2. The fraction of sp³-hybridized carbons (Fsp3) is 0.867. The van der Waals surface area contributed by atoms with Gasteiger partial charge < -0.3 is 20.1 Å². The van der Waals surface area contributed by atoms with E-state index < -0.39 is 39.4 Å². The van der Waals surface area contributed by atoms with Crippen molar-refractivity contribution in [2.24, 2.45) is 5.92 Å². The molecule has 0 heterocycles. The van der Waals surface area contributed by atoms with Gasteiger partial charge in [0.25, 0.3) is 10.1 Å². The Morgan fingerprint density at radius 1 is 0.880 bits per heavy atom. The van der Waals surface area contributed by atoms with E-state index in [4.69, 9.17) is 13.7 Å². The fourth-order valence-electron chi connectivity index (χ4n) is 1.49. The second-order valence-electron chi connectivity index (χ2n) is 7.62. The summed E-state index contributed by atoms with van der Waals surface area (Å²) in [4.78, 5) is 23.4. The Morgan fingerprint density at radius 2 is 1.24 bits per heavy atom. The van der Waals surface area contributed by atoms with E-state index in [1.165, 1.54) is 0 Å². The number of hydrogen-bond donors (Lipinski definition) is 2. The molecule has 0 atom stereocenters. The highest BCUT2D eigenvalue weighted by atomic mass is 32.2. The number of nitrogens with one attached hydrogen (secondary N) is 2. The van der Waals surface area contributed by atoms with E-state index in [-0.39, 0.29) is 19.7 Å². The predicted molar refractivity (Wildman–Crippen MR) is 92.8 cm³/mol. The summed E-state index contributed by atoms with van der Waals surface area (Å²) < 4.78 is 37.2. The lowest BCUT2D eigenvalue weighted by molar-refractivity contribution is 0.0501. The lowest BCUT2D eigenvalue weighted by Gasteiger charge is -2.23. The molecule has 2 N–H and O–H groups in total. The van der Waals surface area contributed by atoms with Crippen LogP contribution < -0.4 is 10.6 Å². The van der Waals surface area contributed by atoms with Crippen LogP contribution in [0.25, 0.3) is 0 Å². The third-order valence-electron chi connectivity index (χ3n) is 2.39. The maximum atomic E-state index is 11.7. The molecular formula is C15H30N2O7S. The maximum Gasteiger partial charge on any atom is 0.407 e. The Kier molecular flexibility index (Phi) is 8.66. The fourth-order valence-corrected chi connectivity index (χ4v) is 1.93. The topological polar surface area (TPSA) is 120 Å². The Bertz CT molecular complexity index is 515. The Hall–Kier alpha value is -1.55. The summed E-state index contributed by atoms with van der Waals surface area (Å²) >= 11 is 0. The number of amides is 2. The number of hydrogen-bond acceptors (Lipinski definition) is 7. The molecule has 0 aliphatic carbocycles. The van der Waals surface area contributed by atoms with Gasteiger partial charge in [0.15, 0.2) is 0 Å². The number of ether oxygens (including phenoxy) is 2. The molecule has 9 nitrogen and oxygen atoms in total. The van der Waals surface area contributed by atoms with Gasteiger partial charge in [-0.2, -0.15) is 8.42 Å². The second-order valence-corrected chi connectivity index (χ2v) is 9.26. The smallest absolute Gasteiger partial charge is 0.407 e. The van der Waals surface area contributed by atoms with Gasteiger partial charge in [-0.3, -0.25) is 4.18 Å². The number of carbonyl (C=O) groups excluding carboxylic acids is 2. The Morgan fingerprint density at radius 3 is 1.52 bits per heavy atom. The largest absolute Gasteiger partial charge is 0.444 e. The minimum absolute atomic E-state index is 0.0558. The van der Waals surface area contributed by atoms with Crippen molar-refractivity contribution in [1.82, 2.24) is 10.6 Å². The molecule has 2 amide bonds. The van der Waals surface area contributed by atoms with E-state index in [0.29, 0.717) is 0 Å². The molecule has 25 heavy (non-hydrogen) atoms. The summed E-state index contributed by atoms with van der Waals surface area (Å²) in [5, 5.41) is 5.04. The van der Waals surface area contributed by atoms with Gasteiger partial charge in [0.1, 0.15) is 11.2 Å². The van der Waals surface area contributed by atoms with Gasteiger partial charge in [-0.1, -0.05) is 0 Å². The first-order valence-corrected chi connectivity index (χ1v) is 9.67. The first-order valence-electron chi connectivity index (χ1n) is 7.85. The molecule has 0 saturated carbocycles. The molecule has 0 unspecified atom stereocenters. The highest BCUT2D eigenvalue weighted by Gasteiger charge is 2.21. The molecule has 0 aromatic heterocycles. The normalized spacial score (nSPS) is 12.6. The molecule has 148 valence electrons. The Balaban J connectivity index is 4.60. The van der Waals surface area contributed by atoms with Crippen LogP contribution in [0.15, 0.2) is 0 Å². The third kappa shape index (κ3) is 15.7. The zero-order chi connectivity index (χ0) is 19.9. The third-order valence-corrected chi connectivity index (χ3v) is 2.95.